The predicted octanol–water partition coefficient (Wildman–Crippen LogP) is 0.919. The first kappa shape index (κ1) is 16.5. The largest absolute Gasteiger partial charge is 0.497 e. The molecule has 0 saturated carbocycles. The Labute approximate surface area is 150 Å². The lowest BCUT2D eigenvalue weighted by Gasteiger charge is -2.03. The van der Waals surface area contributed by atoms with Crippen LogP contribution < -0.4 is 10.2 Å². The number of rotatable bonds is 5. The number of carbonyl (C=O) groups excluding carboxylic acids is 1. The molecule has 0 fully saturated rings. The minimum Gasteiger partial charge on any atom is -0.497 e. The molecule has 0 saturated heterocycles. The molecule has 0 bridgehead atoms. The first-order valence-electron chi connectivity index (χ1n) is 8.15. The summed E-state index contributed by atoms with van der Waals surface area (Å²) in [5, 5.41) is 17.8. The second-order valence-electron chi connectivity index (χ2n) is 6.04. The Morgan fingerprint density at radius 3 is 2.88 bits per heavy atom. The first-order valence-corrected chi connectivity index (χ1v) is 8.15. The molecule has 0 spiro atoms. The summed E-state index contributed by atoms with van der Waals surface area (Å²) in [4.78, 5) is 12.5. The summed E-state index contributed by atoms with van der Waals surface area (Å²) in [6, 6.07) is 12.9. The summed E-state index contributed by atoms with van der Waals surface area (Å²) in [5.41, 5.74) is 3.54. The lowest BCUT2D eigenvalue weighted by molar-refractivity contribution is 0.0988. The highest BCUT2D eigenvalue weighted by Crippen LogP contribution is 2.16. The molecule has 1 aliphatic heterocycles. The van der Waals surface area contributed by atoms with Gasteiger partial charge in [0.2, 0.25) is 0 Å². The number of fused-ring (bicyclic) bond motifs is 1. The second-order valence-corrected chi connectivity index (χ2v) is 6.04. The smallest absolute Gasteiger partial charge is 0.491 e. The third kappa shape index (κ3) is 3.12. The standard InChI is InChI=1S/C18H16BN3O4/c1-25-15-6-4-14(5-7-15)22-10-17(20-21-22)18(23)9-12-2-3-13-11-26-19(24)16(13)8-12/h2-8,10,24H,9,11H2,1H3. The van der Waals surface area contributed by atoms with Crippen LogP contribution in [0, 0.1) is 0 Å². The number of nitrogens with zero attached hydrogens (tertiary/aromatic N) is 3. The van der Waals surface area contributed by atoms with Crippen LogP contribution in [-0.2, 0) is 17.7 Å². The van der Waals surface area contributed by atoms with Gasteiger partial charge in [-0.2, -0.15) is 0 Å². The third-order valence-corrected chi connectivity index (χ3v) is 4.35. The number of ether oxygens (including phenoxy) is 1. The quantitative estimate of drug-likeness (QED) is 0.545. The molecule has 2 heterocycles. The van der Waals surface area contributed by atoms with Crippen LogP contribution in [0.4, 0.5) is 0 Å². The molecule has 0 radical (unpaired) electrons. The summed E-state index contributed by atoms with van der Waals surface area (Å²) < 4.78 is 11.8. The van der Waals surface area contributed by atoms with Gasteiger partial charge < -0.3 is 14.4 Å². The zero-order valence-electron chi connectivity index (χ0n) is 14.1. The van der Waals surface area contributed by atoms with E-state index in [1.165, 1.54) is 0 Å². The van der Waals surface area contributed by atoms with E-state index in [0.717, 1.165) is 28.0 Å². The van der Waals surface area contributed by atoms with Gasteiger partial charge in [0.05, 0.1) is 25.6 Å². The van der Waals surface area contributed by atoms with E-state index in [-0.39, 0.29) is 17.9 Å². The number of ketones is 1. The number of hydrogen-bond donors (Lipinski definition) is 1. The molecule has 4 rings (SSSR count). The highest BCUT2D eigenvalue weighted by Gasteiger charge is 2.27. The van der Waals surface area contributed by atoms with Crippen molar-refractivity contribution in [3.05, 3.63) is 65.5 Å². The van der Waals surface area contributed by atoms with Crippen molar-refractivity contribution in [2.24, 2.45) is 0 Å². The average Bonchev–Trinajstić information content (AvgIpc) is 3.30. The lowest BCUT2D eigenvalue weighted by atomic mass is 9.78. The fraction of sp³-hybridized carbons (Fsp3) is 0.167. The molecule has 1 aromatic heterocycles. The summed E-state index contributed by atoms with van der Waals surface area (Å²) in [7, 11) is 0.682. The Bertz CT molecular complexity index is 955. The molecule has 0 aliphatic carbocycles. The number of hydrogen-bond acceptors (Lipinski definition) is 6. The van der Waals surface area contributed by atoms with Crippen LogP contribution >= 0.6 is 0 Å². The first-order chi connectivity index (χ1) is 12.6. The Morgan fingerprint density at radius 1 is 1.31 bits per heavy atom. The Kier molecular flexibility index (Phi) is 4.28. The van der Waals surface area contributed by atoms with Crippen molar-refractivity contribution in [1.82, 2.24) is 15.0 Å². The van der Waals surface area contributed by atoms with Crippen LogP contribution in [0.15, 0.2) is 48.7 Å². The molecule has 0 atom stereocenters. The minimum absolute atomic E-state index is 0.141. The third-order valence-electron chi connectivity index (χ3n) is 4.35. The molecule has 0 amide bonds. The van der Waals surface area contributed by atoms with Crippen molar-refractivity contribution < 1.29 is 19.2 Å². The highest BCUT2D eigenvalue weighted by molar-refractivity contribution is 6.61. The van der Waals surface area contributed by atoms with Gasteiger partial charge in [-0.1, -0.05) is 23.4 Å². The van der Waals surface area contributed by atoms with E-state index in [4.69, 9.17) is 9.39 Å². The van der Waals surface area contributed by atoms with E-state index >= 15 is 0 Å². The van der Waals surface area contributed by atoms with Gasteiger partial charge in [0.1, 0.15) is 11.4 Å². The van der Waals surface area contributed by atoms with Gasteiger partial charge in [0, 0.05) is 6.42 Å². The fourth-order valence-electron chi connectivity index (χ4n) is 2.90. The van der Waals surface area contributed by atoms with Crippen molar-refractivity contribution >= 4 is 18.4 Å². The predicted molar refractivity (Wildman–Crippen MR) is 94.8 cm³/mol. The maximum Gasteiger partial charge on any atom is 0.491 e. The molecule has 1 aliphatic rings. The van der Waals surface area contributed by atoms with Crippen LogP contribution in [0.3, 0.4) is 0 Å². The topological polar surface area (TPSA) is 86.5 Å². The van der Waals surface area contributed by atoms with Gasteiger partial charge in [-0.25, -0.2) is 4.68 Å². The lowest BCUT2D eigenvalue weighted by Crippen LogP contribution is -2.28. The van der Waals surface area contributed by atoms with E-state index in [1.807, 2.05) is 36.4 Å². The van der Waals surface area contributed by atoms with E-state index in [0.29, 0.717) is 6.61 Å². The summed E-state index contributed by atoms with van der Waals surface area (Å²) in [5.74, 6) is 0.603. The van der Waals surface area contributed by atoms with E-state index in [2.05, 4.69) is 10.3 Å². The van der Waals surface area contributed by atoms with Gasteiger partial charge in [-0.3, -0.25) is 4.79 Å². The Morgan fingerprint density at radius 2 is 2.12 bits per heavy atom. The molecule has 0 unspecified atom stereocenters. The molecular weight excluding hydrogens is 333 g/mol. The van der Waals surface area contributed by atoms with Crippen molar-refractivity contribution in [1.29, 1.82) is 0 Å². The number of aromatic nitrogens is 3. The molecule has 1 N–H and O–H groups in total. The maximum absolute atomic E-state index is 12.5. The number of Topliss-reactive ketones (excluding diaryl/α,β-unsaturated/α-hetero) is 1. The highest BCUT2D eigenvalue weighted by atomic mass is 16.5. The molecule has 3 aromatic rings. The normalized spacial score (nSPS) is 12.9. The zero-order chi connectivity index (χ0) is 18.1. The number of carbonyl (C=O) groups is 1. The van der Waals surface area contributed by atoms with E-state index < -0.39 is 7.12 Å². The van der Waals surface area contributed by atoms with Crippen LogP contribution in [0.1, 0.15) is 21.6 Å². The summed E-state index contributed by atoms with van der Waals surface area (Å²) in [6.07, 6.45) is 1.79. The SMILES string of the molecule is COc1ccc(-n2cc(C(=O)Cc3ccc4c(c3)B(O)OC4)nn2)cc1. The molecule has 130 valence electrons. The Hall–Kier alpha value is -2.97. The summed E-state index contributed by atoms with van der Waals surface area (Å²) >= 11 is 0. The molecule has 7 nitrogen and oxygen atoms in total. The van der Waals surface area contributed by atoms with Crippen LogP contribution in [0.5, 0.6) is 5.75 Å². The van der Waals surface area contributed by atoms with Gasteiger partial charge >= 0.3 is 7.12 Å². The Balaban J connectivity index is 1.50. The molecule has 8 heteroatoms. The number of benzene rings is 2. The molecule has 26 heavy (non-hydrogen) atoms. The van der Waals surface area contributed by atoms with Gasteiger partial charge in [-0.05, 0) is 40.9 Å². The van der Waals surface area contributed by atoms with Gasteiger partial charge in [-0.15, -0.1) is 5.10 Å². The van der Waals surface area contributed by atoms with Gasteiger partial charge in [0.15, 0.2) is 5.78 Å². The van der Waals surface area contributed by atoms with Crippen LogP contribution in [0.2, 0.25) is 0 Å². The number of methoxy groups -OCH3 is 1. The molecular formula is C18H16BN3O4. The van der Waals surface area contributed by atoms with Crippen molar-refractivity contribution in [3.8, 4) is 11.4 Å². The van der Waals surface area contributed by atoms with Crippen molar-refractivity contribution in [2.45, 2.75) is 13.0 Å². The zero-order valence-corrected chi connectivity index (χ0v) is 14.1. The van der Waals surface area contributed by atoms with Crippen LogP contribution in [0.25, 0.3) is 5.69 Å². The van der Waals surface area contributed by atoms with Crippen molar-refractivity contribution in [3.63, 3.8) is 0 Å². The second kappa shape index (κ2) is 6.74. The van der Waals surface area contributed by atoms with Crippen molar-refractivity contribution in [2.75, 3.05) is 7.11 Å². The maximum atomic E-state index is 12.5. The van der Waals surface area contributed by atoms with E-state index in [1.54, 1.807) is 24.1 Å². The van der Waals surface area contributed by atoms with Gasteiger partial charge in [0.25, 0.3) is 0 Å². The minimum atomic E-state index is -0.920. The fourth-order valence-corrected chi connectivity index (χ4v) is 2.90. The van der Waals surface area contributed by atoms with E-state index in [9.17, 15) is 9.82 Å². The monoisotopic (exact) mass is 349 g/mol. The average molecular weight is 349 g/mol. The molecule has 2 aromatic carbocycles. The van der Waals surface area contributed by atoms with Crippen LogP contribution in [-0.4, -0.2) is 40.0 Å². The summed E-state index contributed by atoms with van der Waals surface area (Å²) in [6.45, 7) is 0.390.